The van der Waals surface area contributed by atoms with Gasteiger partial charge in [0.25, 0.3) is 5.91 Å². The molecule has 1 amide bonds. The van der Waals surface area contributed by atoms with Crippen LogP contribution in [0.15, 0.2) is 48.9 Å². The van der Waals surface area contributed by atoms with Crippen LogP contribution in [0.3, 0.4) is 0 Å². The smallest absolute Gasteiger partial charge is 0.252 e. The molecule has 1 aromatic carbocycles. The van der Waals surface area contributed by atoms with Crippen molar-refractivity contribution in [2.45, 2.75) is 12.8 Å². The summed E-state index contributed by atoms with van der Waals surface area (Å²) in [5.74, 6) is 0.405. The number of ether oxygens (including phenoxy) is 1. The summed E-state index contributed by atoms with van der Waals surface area (Å²) in [6.07, 6.45) is 5.54. The Hall–Kier alpha value is -2.77. The third kappa shape index (κ3) is 4.63. The molecule has 3 aromatic rings. The molecule has 0 radical (unpaired) electrons. The highest BCUT2D eigenvalue weighted by molar-refractivity contribution is 5.96. The van der Waals surface area contributed by atoms with Crippen LogP contribution in [0.2, 0.25) is 0 Å². The predicted octanol–water partition coefficient (Wildman–Crippen LogP) is 2.51. The fourth-order valence-corrected chi connectivity index (χ4v) is 3.86. The van der Waals surface area contributed by atoms with E-state index in [1.165, 1.54) is 0 Å². The van der Waals surface area contributed by atoms with Crippen LogP contribution in [0.4, 0.5) is 0 Å². The number of amides is 1. The fraction of sp³-hybridized carbons (Fsp3) is 0.409. The predicted molar refractivity (Wildman–Crippen MR) is 112 cm³/mol. The number of hydrogen-bond donors (Lipinski definition) is 1. The molecule has 1 fully saturated rings. The molecule has 1 aliphatic rings. The Labute approximate surface area is 170 Å². The molecular weight excluding hydrogens is 366 g/mol. The topological polar surface area (TPSA) is 72.3 Å². The third-order valence-electron chi connectivity index (χ3n) is 5.43. The van der Waals surface area contributed by atoms with Crippen molar-refractivity contribution >= 4 is 17.1 Å². The number of para-hydroxylation sites is 1. The quantitative estimate of drug-likeness (QED) is 0.596. The van der Waals surface area contributed by atoms with E-state index in [-0.39, 0.29) is 5.91 Å². The minimum absolute atomic E-state index is 0.0912. The average Bonchev–Trinajstić information content (AvgIpc) is 3.39. The standard InChI is InChI=1S/C22H27N5O2/c1-29-11-5-9-26-10-8-17(15-26)13-24-22(28)18-12-20-21(23-14-18)27(16-25-20)19-6-3-2-4-7-19/h2-4,6-7,12,14,16-17H,5,8-11,13,15H2,1H3,(H,24,28). The zero-order chi connectivity index (χ0) is 20.1. The molecule has 1 N–H and O–H groups in total. The Balaban J connectivity index is 1.35. The number of methoxy groups -OCH3 is 1. The lowest BCUT2D eigenvalue weighted by molar-refractivity contribution is 0.0947. The normalized spacial score (nSPS) is 17.1. The van der Waals surface area contributed by atoms with Gasteiger partial charge in [-0.2, -0.15) is 0 Å². The van der Waals surface area contributed by atoms with E-state index >= 15 is 0 Å². The maximum Gasteiger partial charge on any atom is 0.252 e. The zero-order valence-corrected chi connectivity index (χ0v) is 16.8. The molecule has 0 spiro atoms. The van der Waals surface area contributed by atoms with Crippen molar-refractivity contribution in [2.24, 2.45) is 5.92 Å². The highest BCUT2D eigenvalue weighted by atomic mass is 16.5. The van der Waals surface area contributed by atoms with E-state index in [1.54, 1.807) is 19.6 Å². The van der Waals surface area contributed by atoms with Gasteiger partial charge in [0, 0.05) is 45.2 Å². The summed E-state index contributed by atoms with van der Waals surface area (Å²) < 4.78 is 7.04. The molecular formula is C22H27N5O2. The summed E-state index contributed by atoms with van der Waals surface area (Å²) in [6, 6.07) is 11.7. The minimum Gasteiger partial charge on any atom is -0.385 e. The van der Waals surface area contributed by atoms with Gasteiger partial charge >= 0.3 is 0 Å². The highest BCUT2D eigenvalue weighted by Gasteiger charge is 2.22. The summed E-state index contributed by atoms with van der Waals surface area (Å²) in [5, 5.41) is 3.07. The van der Waals surface area contributed by atoms with Crippen LogP contribution in [-0.2, 0) is 4.74 Å². The second kappa shape index (κ2) is 9.15. The van der Waals surface area contributed by atoms with Crippen LogP contribution in [-0.4, -0.2) is 65.2 Å². The first-order chi connectivity index (χ1) is 14.2. The van der Waals surface area contributed by atoms with Gasteiger partial charge < -0.3 is 15.0 Å². The Morgan fingerprint density at radius 1 is 1.28 bits per heavy atom. The van der Waals surface area contributed by atoms with Gasteiger partial charge in [-0.15, -0.1) is 0 Å². The maximum absolute atomic E-state index is 12.6. The van der Waals surface area contributed by atoms with E-state index < -0.39 is 0 Å². The van der Waals surface area contributed by atoms with E-state index in [0.717, 1.165) is 50.4 Å². The third-order valence-corrected chi connectivity index (χ3v) is 5.43. The monoisotopic (exact) mass is 393 g/mol. The average molecular weight is 393 g/mol. The molecule has 1 aliphatic heterocycles. The number of rotatable bonds is 8. The van der Waals surface area contributed by atoms with E-state index in [9.17, 15) is 4.79 Å². The summed E-state index contributed by atoms with van der Waals surface area (Å²) in [4.78, 5) is 24.0. The van der Waals surface area contributed by atoms with Gasteiger partial charge in [0.15, 0.2) is 5.65 Å². The number of hydrogen-bond acceptors (Lipinski definition) is 5. The lowest BCUT2D eigenvalue weighted by Gasteiger charge is -2.16. The van der Waals surface area contributed by atoms with Crippen molar-refractivity contribution in [2.75, 3.05) is 39.9 Å². The van der Waals surface area contributed by atoms with Gasteiger partial charge in [0.05, 0.1) is 5.56 Å². The van der Waals surface area contributed by atoms with Gasteiger partial charge in [-0.3, -0.25) is 9.36 Å². The van der Waals surface area contributed by atoms with Crippen molar-refractivity contribution in [1.29, 1.82) is 0 Å². The largest absolute Gasteiger partial charge is 0.385 e. The molecule has 1 saturated heterocycles. The Bertz CT molecular complexity index is 956. The number of carbonyl (C=O) groups is 1. The molecule has 7 heteroatoms. The number of fused-ring (bicyclic) bond motifs is 1. The van der Waals surface area contributed by atoms with Crippen molar-refractivity contribution in [3.05, 3.63) is 54.5 Å². The number of carbonyl (C=O) groups excluding carboxylic acids is 1. The van der Waals surface area contributed by atoms with E-state index in [2.05, 4.69) is 20.2 Å². The number of imidazole rings is 1. The number of nitrogens with zero attached hydrogens (tertiary/aromatic N) is 4. The molecule has 4 rings (SSSR count). The number of pyridine rings is 1. The second-order valence-electron chi connectivity index (χ2n) is 7.53. The van der Waals surface area contributed by atoms with E-state index in [1.807, 2.05) is 41.0 Å². The van der Waals surface area contributed by atoms with Crippen molar-refractivity contribution in [3.63, 3.8) is 0 Å². The maximum atomic E-state index is 12.6. The summed E-state index contributed by atoms with van der Waals surface area (Å²) in [6.45, 7) is 4.67. The number of aromatic nitrogens is 3. The van der Waals surface area contributed by atoms with Crippen molar-refractivity contribution in [1.82, 2.24) is 24.8 Å². The van der Waals surface area contributed by atoms with Crippen molar-refractivity contribution in [3.8, 4) is 5.69 Å². The lowest BCUT2D eigenvalue weighted by Crippen LogP contribution is -2.31. The SMILES string of the molecule is COCCCN1CCC(CNC(=O)c2cnc3c(c2)ncn3-c2ccccc2)C1. The molecule has 7 nitrogen and oxygen atoms in total. The van der Waals surface area contributed by atoms with E-state index in [0.29, 0.717) is 23.5 Å². The van der Waals surface area contributed by atoms with Crippen LogP contribution in [0.25, 0.3) is 16.9 Å². The Morgan fingerprint density at radius 3 is 2.97 bits per heavy atom. The van der Waals surface area contributed by atoms with Gasteiger partial charge in [0.2, 0.25) is 0 Å². The number of likely N-dealkylation sites (tertiary alicyclic amines) is 1. The molecule has 3 heterocycles. The first kappa shape index (κ1) is 19.5. The molecule has 0 saturated carbocycles. The molecule has 29 heavy (non-hydrogen) atoms. The molecule has 0 bridgehead atoms. The second-order valence-corrected chi connectivity index (χ2v) is 7.53. The molecule has 0 aliphatic carbocycles. The highest BCUT2D eigenvalue weighted by Crippen LogP contribution is 2.18. The van der Waals surface area contributed by atoms with Crippen LogP contribution in [0.1, 0.15) is 23.2 Å². The van der Waals surface area contributed by atoms with Gasteiger partial charge in [0.1, 0.15) is 11.8 Å². The van der Waals surface area contributed by atoms with Crippen molar-refractivity contribution < 1.29 is 9.53 Å². The fourth-order valence-electron chi connectivity index (χ4n) is 3.86. The van der Waals surface area contributed by atoms with E-state index in [4.69, 9.17) is 4.74 Å². The van der Waals surface area contributed by atoms with Crippen LogP contribution < -0.4 is 5.32 Å². The number of benzene rings is 1. The first-order valence-corrected chi connectivity index (χ1v) is 10.1. The zero-order valence-electron chi connectivity index (χ0n) is 16.8. The first-order valence-electron chi connectivity index (χ1n) is 10.1. The van der Waals surface area contributed by atoms with Gasteiger partial charge in [-0.05, 0) is 43.5 Å². The molecule has 1 atom stereocenters. The molecule has 1 unspecified atom stereocenters. The van der Waals surface area contributed by atoms with Crippen LogP contribution in [0, 0.1) is 5.92 Å². The van der Waals surface area contributed by atoms with Crippen LogP contribution in [0.5, 0.6) is 0 Å². The summed E-state index contributed by atoms with van der Waals surface area (Å²) >= 11 is 0. The van der Waals surface area contributed by atoms with Gasteiger partial charge in [-0.1, -0.05) is 18.2 Å². The number of nitrogens with one attached hydrogen (secondary N) is 1. The molecule has 152 valence electrons. The lowest BCUT2D eigenvalue weighted by atomic mass is 10.1. The Morgan fingerprint density at radius 2 is 2.14 bits per heavy atom. The van der Waals surface area contributed by atoms with Gasteiger partial charge in [-0.25, -0.2) is 9.97 Å². The summed E-state index contributed by atoms with van der Waals surface area (Å²) in [7, 11) is 1.74. The van der Waals surface area contributed by atoms with Crippen LogP contribution >= 0.6 is 0 Å². The minimum atomic E-state index is -0.0912. The molecule has 2 aromatic heterocycles. The summed E-state index contributed by atoms with van der Waals surface area (Å²) in [5.41, 5.74) is 3.00. The Kier molecular flexibility index (Phi) is 6.17.